The van der Waals surface area contributed by atoms with E-state index in [9.17, 15) is 14.4 Å². The molecule has 2 amide bonds. The number of hydrogen-bond donors (Lipinski definition) is 3. The summed E-state index contributed by atoms with van der Waals surface area (Å²) < 4.78 is 0.725. The normalized spacial score (nSPS) is 10.2. The van der Waals surface area contributed by atoms with Gasteiger partial charge in [-0.15, -0.1) is 0 Å². The van der Waals surface area contributed by atoms with Crippen molar-refractivity contribution in [2.75, 3.05) is 0 Å². The van der Waals surface area contributed by atoms with Crippen LogP contribution in [-0.4, -0.2) is 22.6 Å². The fraction of sp³-hybridized carbons (Fsp3) is 0.133. The number of amides is 2. The topological polar surface area (TPSA) is 91.1 Å². The van der Waals surface area contributed by atoms with Crippen molar-refractivity contribution in [1.29, 1.82) is 0 Å². The van der Waals surface area contributed by atoms with E-state index in [0.29, 0.717) is 16.3 Å². The highest BCUT2D eigenvalue weighted by Gasteiger charge is 2.11. The fourth-order valence-corrected chi connectivity index (χ4v) is 2.23. The maximum absolute atomic E-state index is 11.9. The first-order valence-corrected chi connectivity index (χ1v) is 7.84. The Hall–Kier alpha value is -2.12. The Morgan fingerprint density at radius 3 is 2.39 bits per heavy atom. The van der Waals surface area contributed by atoms with Gasteiger partial charge < -0.3 is 4.98 Å². The van der Waals surface area contributed by atoms with Crippen molar-refractivity contribution in [3.63, 3.8) is 0 Å². The zero-order chi connectivity index (χ0) is 16.8. The van der Waals surface area contributed by atoms with Crippen LogP contribution in [0.5, 0.6) is 0 Å². The molecule has 3 N–H and O–H groups in total. The molecule has 0 aliphatic heterocycles. The zero-order valence-corrected chi connectivity index (χ0v) is 14.2. The van der Waals surface area contributed by atoms with E-state index in [2.05, 4.69) is 31.8 Å². The van der Waals surface area contributed by atoms with Gasteiger partial charge in [0.15, 0.2) is 5.78 Å². The first-order valence-electron chi connectivity index (χ1n) is 6.67. The summed E-state index contributed by atoms with van der Waals surface area (Å²) in [7, 11) is 0. The molecule has 0 atom stereocenters. The highest BCUT2D eigenvalue weighted by molar-refractivity contribution is 9.10. The molecule has 0 aliphatic carbocycles. The second kappa shape index (κ2) is 7.94. The average Bonchev–Trinajstić information content (AvgIpc) is 2.97. The molecule has 2 aromatic rings. The molecule has 0 aliphatic rings. The van der Waals surface area contributed by atoms with Crippen molar-refractivity contribution >= 4 is 45.1 Å². The van der Waals surface area contributed by atoms with E-state index < -0.39 is 11.8 Å². The number of aromatic amines is 1. The molecule has 23 heavy (non-hydrogen) atoms. The van der Waals surface area contributed by atoms with Crippen LogP contribution in [0.3, 0.4) is 0 Å². The number of benzene rings is 1. The number of hydrogen-bond acceptors (Lipinski definition) is 3. The molecule has 8 heteroatoms. The minimum absolute atomic E-state index is 0.0316. The van der Waals surface area contributed by atoms with Crippen LogP contribution in [0.15, 0.2) is 41.0 Å². The molecule has 1 aromatic carbocycles. The van der Waals surface area contributed by atoms with E-state index in [-0.39, 0.29) is 18.6 Å². The van der Waals surface area contributed by atoms with Gasteiger partial charge in [0.05, 0.1) is 0 Å². The molecule has 0 unspecified atom stereocenters. The lowest BCUT2D eigenvalue weighted by atomic mass is 10.1. The average molecular weight is 399 g/mol. The van der Waals surface area contributed by atoms with Gasteiger partial charge in [0.2, 0.25) is 5.91 Å². The van der Waals surface area contributed by atoms with Gasteiger partial charge >= 0.3 is 0 Å². The molecule has 0 saturated heterocycles. The lowest BCUT2D eigenvalue weighted by molar-refractivity contribution is -0.121. The Bertz CT molecular complexity index is 728. The summed E-state index contributed by atoms with van der Waals surface area (Å²) in [6, 6.07) is 8.01. The molecule has 0 saturated carbocycles. The van der Waals surface area contributed by atoms with E-state index in [4.69, 9.17) is 11.6 Å². The van der Waals surface area contributed by atoms with E-state index in [1.807, 2.05) is 0 Å². The number of H-pyrrole nitrogens is 1. The predicted molar refractivity (Wildman–Crippen MR) is 89.1 cm³/mol. The first kappa shape index (κ1) is 17.2. The number of carbonyl (C=O) groups excluding carboxylic acids is 3. The Morgan fingerprint density at radius 1 is 1.09 bits per heavy atom. The molecule has 0 radical (unpaired) electrons. The second-order valence-corrected chi connectivity index (χ2v) is 6.02. The van der Waals surface area contributed by atoms with Crippen molar-refractivity contribution in [3.8, 4) is 0 Å². The number of halogens is 2. The number of carbonyl (C=O) groups is 3. The van der Waals surface area contributed by atoms with Crippen molar-refractivity contribution in [1.82, 2.24) is 15.8 Å². The van der Waals surface area contributed by atoms with E-state index in [1.54, 1.807) is 36.5 Å². The van der Waals surface area contributed by atoms with Gasteiger partial charge in [-0.2, -0.15) is 0 Å². The van der Waals surface area contributed by atoms with Gasteiger partial charge in [-0.1, -0.05) is 11.6 Å². The minimum Gasteiger partial charge on any atom is -0.356 e. The third-order valence-corrected chi connectivity index (χ3v) is 3.66. The molecule has 1 aromatic heterocycles. The number of rotatable bonds is 5. The third kappa shape index (κ3) is 5.22. The van der Waals surface area contributed by atoms with Gasteiger partial charge in [-0.25, -0.2) is 0 Å². The highest BCUT2D eigenvalue weighted by atomic mass is 79.9. The van der Waals surface area contributed by atoms with Gasteiger partial charge in [0.1, 0.15) is 5.69 Å². The Morgan fingerprint density at radius 2 is 1.78 bits per heavy atom. The SMILES string of the molecule is O=C(CCC(=O)c1ccc(Cl)cc1)NNC(=O)c1cc(Br)c[nH]1. The van der Waals surface area contributed by atoms with Gasteiger partial charge in [-0.3, -0.25) is 25.2 Å². The second-order valence-electron chi connectivity index (χ2n) is 4.66. The quantitative estimate of drug-likeness (QED) is 0.534. The smallest absolute Gasteiger partial charge is 0.286 e. The molecule has 2 rings (SSSR count). The Labute approximate surface area is 145 Å². The lowest BCUT2D eigenvalue weighted by Crippen LogP contribution is -2.41. The molecular formula is C15H13BrClN3O3. The summed E-state index contributed by atoms with van der Waals surface area (Å²) in [6.07, 6.45) is 1.61. The largest absolute Gasteiger partial charge is 0.356 e. The van der Waals surface area contributed by atoms with Crippen LogP contribution in [0.2, 0.25) is 5.02 Å². The highest BCUT2D eigenvalue weighted by Crippen LogP contribution is 2.12. The maximum atomic E-state index is 11.9. The van der Waals surface area contributed by atoms with Crippen LogP contribution in [0.25, 0.3) is 0 Å². The van der Waals surface area contributed by atoms with E-state index in [0.717, 1.165) is 4.47 Å². The van der Waals surface area contributed by atoms with Crippen LogP contribution < -0.4 is 10.9 Å². The molecule has 0 fully saturated rings. The number of Topliss-reactive ketones (excluding diaryl/α,β-unsaturated/α-hetero) is 1. The van der Waals surface area contributed by atoms with Crippen molar-refractivity contribution < 1.29 is 14.4 Å². The van der Waals surface area contributed by atoms with Crippen LogP contribution >= 0.6 is 27.5 Å². The van der Waals surface area contributed by atoms with Gasteiger partial charge in [0.25, 0.3) is 5.91 Å². The van der Waals surface area contributed by atoms with Crippen molar-refractivity contribution in [2.45, 2.75) is 12.8 Å². The molecule has 120 valence electrons. The number of ketones is 1. The standard InChI is InChI=1S/C15H13BrClN3O3/c16-10-7-12(18-8-10)15(23)20-19-14(22)6-5-13(21)9-1-3-11(17)4-2-9/h1-4,7-8,18H,5-6H2,(H,19,22)(H,20,23). The van der Waals surface area contributed by atoms with Crippen molar-refractivity contribution in [3.05, 3.63) is 57.3 Å². The van der Waals surface area contributed by atoms with Crippen LogP contribution in [0.4, 0.5) is 0 Å². The fourth-order valence-electron chi connectivity index (χ4n) is 1.76. The third-order valence-electron chi connectivity index (χ3n) is 2.95. The van der Waals surface area contributed by atoms with E-state index in [1.165, 1.54) is 0 Å². The van der Waals surface area contributed by atoms with Gasteiger partial charge in [-0.05, 0) is 46.3 Å². The lowest BCUT2D eigenvalue weighted by Gasteiger charge is -2.06. The molecule has 0 spiro atoms. The molecular weight excluding hydrogens is 386 g/mol. The summed E-state index contributed by atoms with van der Waals surface area (Å²) in [6.45, 7) is 0. The summed E-state index contributed by atoms with van der Waals surface area (Å²) >= 11 is 8.95. The maximum Gasteiger partial charge on any atom is 0.286 e. The summed E-state index contributed by atoms with van der Waals surface area (Å²) in [5.74, 6) is -1.10. The monoisotopic (exact) mass is 397 g/mol. The summed E-state index contributed by atoms with van der Waals surface area (Å²) in [4.78, 5) is 38.0. The van der Waals surface area contributed by atoms with Crippen LogP contribution in [0, 0.1) is 0 Å². The number of hydrazine groups is 1. The number of aromatic nitrogens is 1. The van der Waals surface area contributed by atoms with Crippen molar-refractivity contribution in [2.24, 2.45) is 0 Å². The first-order chi connectivity index (χ1) is 11.0. The van der Waals surface area contributed by atoms with Crippen LogP contribution in [-0.2, 0) is 4.79 Å². The summed E-state index contributed by atoms with van der Waals surface area (Å²) in [5, 5.41) is 0.540. The van der Waals surface area contributed by atoms with Crippen LogP contribution in [0.1, 0.15) is 33.7 Å². The minimum atomic E-state index is -0.479. The molecule has 6 nitrogen and oxygen atoms in total. The zero-order valence-electron chi connectivity index (χ0n) is 11.9. The predicted octanol–water partition coefficient (Wildman–Crippen LogP) is 2.85. The van der Waals surface area contributed by atoms with E-state index >= 15 is 0 Å². The van der Waals surface area contributed by atoms with Gasteiger partial charge in [0, 0.05) is 34.1 Å². The summed E-state index contributed by atoms with van der Waals surface area (Å²) in [5.41, 5.74) is 5.31. The Kier molecular flexibility index (Phi) is 5.95. The number of nitrogens with one attached hydrogen (secondary N) is 3. The Balaban J connectivity index is 1.75. The molecule has 0 bridgehead atoms. The molecule has 1 heterocycles.